The van der Waals surface area contributed by atoms with Gasteiger partial charge in [0.05, 0.1) is 7.11 Å². The Kier molecular flexibility index (Phi) is 6.18. The van der Waals surface area contributed by atoms with Crippen LogP contribution in [0.25, 0.3) is 0 Å². The van der Waals surface area contributed by atoms with Crippen molar-refractivity contribution in [3.63, 3.8) is 0 Å². The molecule has 2 aliphatic heterocycles. The molecule has 7 heteroatoms. The number of amides is 1. The number of rotatable bonds is 3. The molecule has 3 rings (SSSR count). The fourth-order valence-electron chi connectivity index (χ4n) is 3.42. The highest BCUT2D eigenvalue weighted by Crippen LogP contribution is 2.41. The van der Waals surface area contributed by atoms with Gasteiger partial charge in [-0.05, 0) is 30.9 Å². The topological polar surface area (TPSA) is 74.0 Å². The zero-order chi connectivity index (χ0) is 16.4. The van der Waals surface area contributed by atoms with Gasteiger partial charge in [-0.3, -0.25) is 4.79 Å². The summed E-state index contributed by atoms with van der Waals surface area (Å²) in [6, 6.07) is 3.55. The Hall–Kier alpha value is -1.66. The second-order valence-corrected chi connectivity index (χ2v) is 6.12. The maximum absolute atomic E-state index is 13.0. The second kappa shape index (κ2) is 7.94. The number of benzene rings is 1. The molecule has 0 aromatic heterocycles. The zero-order valence-corrected chi connectivity index (χ0v) is 14.9. The van der Waals surface area contributed by atoms with Gasteiger partial charge in [0, 0.05) is 24.7 Å². The van der Waals surface area contributed by atoms with E-state index in [1.165, 1.54) is 0 Å². The predicted molar refractivity (Wildman–Crippen MR) is 93.5 cm³/mol. The van der Waals surface area contributed by atoms with E-state index in [1.807, 2.05) is 4.90 Å². The summed E-state index contributed by atoms with van der Waals surface area (Å²) in [5, 5.41) is 0. The molecule has 2 aliphatic rings. The van der Waals surface area contributed by atoms with Crippen molar-refractivity contribution in [3.05, 3.63) is 17.7 Å². The average Bonchev–Trinajstić information content (AvgIpc) is 2.59. The van der Waals surface area contributed by atoms with Crippen LogP contribution >= 0.6 is 12.4 Å². The van der Waals surface area contributed by atoms with Gasteiger partial charge in [0.1, 0.15) is 13.2 Å². The zero-order valence-electron chi connectivity index (χ0n) is 14.1. The molecule has 0 radical (unpaired) electrons. The van der Waals surface area contributed by atoms with E-state index in [-0.39, 0.29) is 24.4 Å². The molecular formula is C17H25ClN2O4. The van der Waals surface area contributed by atoms with Crippen LogP contribution in [0.1, 0.15) is 30.1 Å². The molecule has 134 valence electrons. The summed E-state index contributed by atoms with van der Waals surface area (Å²) in [5.74, 6) is 2.05. The Morgan fingerprint density at radius 1 is 1.38 bits per heavy atom. The molecule has 1 fully saturated rings. The van der Waals surface area contributed by atoms with Crippen LogP contribution in [0.2, 0.25) is 0 Å². The van der Waals surface area contributed by atoms with Gasteiger partial charge in [-0.25, -0.2) is 0 Å². The number of ether oxygens (including phenoxy) is 3. The molecule has 6 nitrogen and oxygen atoms in total. The highest BCUT2D eigenvalue weighted by atomic mass is 35.5. The number of hydrogen-bond donors (Lipinski definition) is 1. The molecule has 2 atom stereocenters. The van der Waals surface area contributed by atoms with Crippen molar-refractivity contribution in [2.75, 3.05) is 33.4 Å². The fourth-order valence-corrected chi connectivity index (χ4v) is 3.42. The van der Waals surface area contributed by atoms with Crippen molar-refractivity contribution in [1.29, 1.82) is 0 Å². The number of nitrogens with zero attached hydrogens (tertiary/aromatic N) is 1. The minimum atomic E-state index is -0.0257. The Morgan fingerprint density at radius 3 is 2.83 bits per heavy atom. The Balaban J connectivity index is 0.00000208. The monoisotopic (exact) mass is 356 g/mol. The number of halogens is 1. The maximum Gasteiger partial charge on any atom is 0.254 e. The Bertz CT molecular complexity index is 579. The normalized spacial score (nSPS) is 22.5. The van der Waals surface area contributed by atoms with Crippen molar-refractivity contribution in [3.8, 4) is 17.2 Å². The summed E-state index contributed by atoms with van der Waals surface area (Å²) in [7, 11) is 1.56. The van der Waals surface area contributed by atoms with Crippen LogP contribution in [0.15, 0.2) is 12.1 Å². The lowest BCUT2D eigenvalue weighted by atomic mass is 9.90. The number of carbonyl (C=O) groups is 1. The Morgan fingerprint density at radius 2 is 2.12 bits per heavy atom. The number of methoxy groups -OCH3 is 1. The van der Waals surface area contributed by atoms with E-state index in [2.05, 4.69) is 6.92 Å². The van der Waals surface area contributed by atoms with Crippen LogP contribution in [0, 0.1) is 5.92 Å². The largest absolute Gasteiger partial charge is 0.493 e. The van der Waals surface area contributed by atoms with Crippen molar-refractivity contribution in [1.82, 2.24) is 4.90 Å². The van der Waals surface area contributed by atoms with Crippen molar-refractivity contribution >= 4 is 18.3 Å². The minimum Gasteiger partial charge on any atom is -0.493 e. The molecule has 0 spiro atoms. The number of carbonyl (C=O) groups excluding carboxylic acids is 1. The van der Waals surface area contributed by atoms with Crippen molar-refractivity contribution in [2.45, 2.75) is 25.8 Å². The third kappa shape index (κ3) is 3.39. The standard InChI is InChI=1S/C17H24N2O4.ClH/c1-11-4-3-5-19(13(11)10-18)17(20)12-8-14(21-2)16-15(9-12)22-6-7-23-16;/h8-9,11,13H,3-7,10,18H2,1-2H3;1H. The highest BCUT2D eigenvalue weighted by molar-refractivity contribution is 5.96. The SMILES string of the molecule is COc1cc(C(=O)N2CCCC(C)C2CN)cc2c1OCCO2.Cl. The van der Waals surface area contributed by atoms with Crippen LogP contribution in [-0.4, -0.2) is 50.3 Å². The number of piperidine rings is 1. The van der Waals surface area contributed by atoms with Crippen molar-refractivity contribution < 1.29 is 19.0 Å². The van der Waals surface area contributed by atoms with E-state index in [0.29, 0.717) is 48.5 Å². The van der Waals surface area contributed by atoms with Gasteiger partial charge in [0.15, 0.2) is 11.5 Å². The number of hydrogen-bond acceptors (Lipinski definition) is 5. The third-order valence-electron chi connectivity index (χ3n) is 4.69. The van der Waals surface area contributed by atoms with Crippen LogP contribution in [0.3, 0.4) is 0 Å². The number of nitrogens with two attached hydrogens (primary N) is 1. The summed E-state index contributed by atoms with van der Waals surface area (Å²) in [4.78, 5) is 14.9. The fraction of sp³-hybridized carbons (Fsp3) is 0.588. The van der Waals surface area contributed by atoms with Gasteiger partial charge in [0.2, 0.25) is 5.75 Å². The van der Waals surface area contributed by atoms with Crippen LogP contribution in [-0.2, 0) is 0 Å². The second-order valence-electron chi connectivity index (χ2n) is 6.12. The van der Waals surface area contributed by atoms with E-state index < -0.39 is 0 Å². The molecule has 2 unspecified atom stereocenters. The average molecular weight is 357 g/mol. The first kappa shape index (κ1) is 18.7. The summed E-state index contributed by atoms with van der Waals surface area (Å²) in [5.41, 5.74) is 6.46. The van der Waals surface area contributed by atoms with Gasteiger partial charge in [-0.15, -0.1) is 12.4 Å². The van der Waals surface area contributed by atoms with E-state index >= 15 is 0 Å². The number of fused-ring (bicyclic) bond motifs is 1. The Labute approximate surface area is 148 Å². The summed E-state index contributed by atoms with van der Waals surface area (Å²) >= 11 is 0. The van der Waals surface area contributed by atoms with Crippen molar-refractivity contribution in [2.24, 2.45) is 11.7 Å². The van der Waals surface area contributed by atoms with Gasteiger partial charge in [-0.2, -0.15) is 0 Å². The van der Waals surface area contributed by atoms with Gasteiger partial charge >= 0.3 is 0 Å². The smallest absolute Gasteiger partial charge is 0.254 e. The molecule has 1 saturated heterocycles. The van der Waals surface area contributed by atoms with E-state index in [9.17, 15) is 4.79 Å². The molecule has 1 amide bonds. The first-order chi connectivity index (χ1) is 11.2. The first-order valence-electron chi connectivity index (χ1n) is 8.14. The molecular weight excluding hydrogens is 332 g/mol. The maximum atomic E-state index is 13.0. The quantitative estimate of drug-likeness (QED) is 0.897. The molecule has 1 aromatic rings. The molecule has 0 bridgehead atoms. The lowest BCUT2D eigenvalue weighted by molar-refractivity contribution is 0.0531. The first-order valence-corrected chi connectivity index (χ1v) is 8.14. The molecule has 0 saturated carbocycles. The lowest BCUT2D eigenvalue weighted by Crippen LogP contribution is -2.51. The summed E-state index contributed by atoms with van der Waals surface area (Å²) in [6.07, 6.45) is 2.11. The van der Waals surface area contributed by atoms with E-state index in [0.717, 1.165) is 19.4 Å². The van der Waals surface area contributed by atoms with Crippen LogP contribution in [0.5, 0.6) is 17.2 Å². The van der Waals surface area contributed by atoms with Gasteiger partial charge in [0.25, 0.3) is 5.91 Å². The molecule has 0 aliphatic carbocycles. The van der Waals surface area contributed by atoms with Crippen LogP contribution < -0.4 is 19.9 Å². The number of likely N-dealkylation sites (tertiary alicyclic amines) is 1. The van der Waals surface area contributed by atoms with Gasteiger partial charge < -0.3 is 24.8 Å². The predicted octanol–water partition coefficient (Wildman–Crippen LogP) is 2.09. The minimum absolute atomic E-state index is 0. The van der Waals surface area contributed by atoms with E-state index in [4.69, 9.17) is 19.9 Å². The summed E-state index contributed by atoms with van der Waals surface area (Å²) < 4.78 is 16.6. The molecule has 24 heavy (non-hydrogen) atoms. The summed E-state index contributed by atoms with van der Waals surface area (Å²) in [6.45, 7) is 4.33. The van der Waals surface area contributed by atoms with Crippen LogP contribution in [0.4, 0.5) is 0 Å². The molecule has 1 aromatic carbocycles. The van der Waals surface area contributed by atoms with Gasteiger partial charge in [-0.1, -0.05) is 6.92 Å². The van der Waals surface area contributed by atoms with E-state index in [1.54, 1.807) is 19.2 Å². The third-order valence-corrected chi connectivity index (χ3v) is 4.69. The molecule has 2 N–H and O–H groups in total. The highest BCUT2D eigenvalue weighted by Gasteiger charge is 2.32. The lowest BCUT2D eigenvalue weighted by Gasteiger charge is -2.39. The molecule has 2 heterocycles.